The third-order valence-corrected chi connectivity index (χ3v) is 5.83. The molecule has 3 heterocycles. The predicted molar refractivity (Wildman–Crippen MR) is 109 cm³/mol. The Labute approximate surface area is 163 Å². The summed E-state index contributed by atoms with van der Waals surface area (Å²) in [5.41, 5.74) is 1.04. The number of rotatable bonds is 4. The number of piperazine rings is 1. The number of hydrogen-bond acceptors (Lipinski definition) is 5. The van der Waals surface area contributed by atoms with Crippen LogP contribution in [0.3, 0.4) is 0 Å². The van der Waals surface area contributed by atoms with Crippen molar-refractivity contribution < 1.29 is 4.79 Å². The van der Waals surface area contributed by atoms with Crippen molar-refractivity contribution in [3.8, 4) is 0 Å². The van der Waals surface area contributed by atoms with Crippen molar-refractivity contribution in [1.82, 2.24) is 19.6 Å². The van der Waals surface area contributed by atoms with Crippen LogP contribution in [-0.2, 0) is 0 Å². The van der Waals surface area contributed by atoms with E-state index in [0.717, 1.165) is 30.9 Å². The molecule has 1 aliphatic heterocycles. The summed E-state index contributed by atoms with van der Waals surface area (Å²) in [5, 5.41) is 4.34. The van der Waals surface area contributed by atoms with Crippen molar-refractivity contribution in [3.63, 3.8) is 0 Å². The minimum Gasteiger partial charge on any atom is -0.352 e. The molecule has 3 aromatic rings. The summed E-state index contributed by atoms with van der Waals surface area (Å²) >= 11 is 1.53. The zero-order valence-corrected chi connectivity index (χ0v) is 16.2. The van der Waals surface area contributed by atoms with Gasteiger partial charge in [-0.2, -0.15) is 4.37 Å². The average Bonchev–Trinajstić information content (AvgIpc) is 3.17. The van der Waals surface area contributed by atoms with Gasteiger partial charge in [0.05, 0.1) is 10.7 Å². The summed E-state index contributed by atoms with van der Waals surface area (Å²) < 4.78 is 5.84. The fourth-order valence-corrected chi connectivity index (χ4v) is 4.26. The monoisotopic (exact) mass is 381 g/mol. The van der Waals surface area contributed by atoms with E-state index in [1.165, 1.54) is 21.6 Å². The van der Waals surface area contributed by atoms with E-state index in [1.54, 1.807) is 6.20 Å². The summed E-state index contributed by atoms with van der Waals surface area (Å²) in [6.07, 6.45) is 4.40. The largest absolute Gasteiger partial charge is 0.352 e. The number of hydrogen-bond donors (Lipinski definition) is 1. The number of pyridine rings is 1. The van der Waals surface area contributed by atoms with Crippen molar-refractivity contribution in [3.05, 3.63) is 54.4 Å². The molecule has 140 valence electrons. The molecule has 1 aliphatic rings. The topological polar surface area (TPSA) is 61.4 Å². The van der Waals surface area contributed by atoms with E-state index in [2.05, 4.69) is 38.6 Å². The lowest BCUT2D eigenvalue weighted by Crippen LogP contribution is -2.52. The molecule has 4 rings (SSSR count). The Bertz CT molecular complexity index is 905. The van der Waals surface area contributed by atoms with Crippen molar-refractivity contribution in [2.24, 2.45) is 0 Å². The highest BCUT2D eigenvalue weighted by molar-refractivity contribution is 7.13. The summed E-state index contributed by atoms with van der Waals surface area (Å²) in [4.78, 5) is 21.0. The lowest BCUT2D eigenvalue weighted by Gasteiger charge is -2.35. The van der Waals surface area contributed by atoms with Gasteiger partial charge >= 0.3 is 6.03 Å². The molecule has 1 unspecified atom stereocenters. The Morgan fingerprint density at radius 1 is 1.19 bits per heavy atom. The first-order valence-corrected chi connectivity index (χ1v) is 10.1. The molecular weight excluding hydrogens is 358 g/mol. The fraction of sp³-hybridized carbons (Fsp3) is 0.350. The molecule has 1 N–H and O–H groups in total. The van der Waals surface area contributed by atoms with E-state index in [0.29, 0.717) is 13.1 Å². The second-order valence-electron chi connectivity index (χ2n) is 6.67. The van der Waals surface area contributed by atoms with Crippen LogP contribution in [0, 0.1) is 0 Å². The number of anilines is 1. The van der Waals surface area contributed by atoms with Crippen LogP contribution in [0.25, 0.3) is 10.1 Å². The Kier molecular flexibility index (Phi) is 5.20. The number of nitrogens with zero attached hydrogens (tertiary/aromatic N) is 4. The number of aromatic nitrogens is 2. The molecule has 7 heteroatoms. The molecule has 0 bridgehead atoms. The first-order chi connectivity index (χ1) is 13.3. The highest BCUT2D eigenvalue weighted by Gasteiger charge is 2.25. The Morgan fingerprint density at radius 3 is 2.74 bits per heavy atom. The molecule has 0 radical (unpaired) electrons. The van der Waals surface area contributed by atoms with Crippen LogP contribution in [0.2, 0.25) is 0 Å². The molecule has 0 saturated carbocycles. The van der Waals surface area contributed by atoms with E-state index >= 15 is 0 Å². The summed E-state index contributed by atoms with van der Waals surface area (Å²) in [5.74, 6) is 1.04. The lowest BCUT2D eigenvalue weighted by molar-refractivity contribution is 0.190. The van der Waals surface area contributed by atoms with E-state index in [1.807, 2.05) is 35.4 Å². The smallest absolute Gasteiger partial charge is 0.318 e. The molecular formula is C20H23N5OS. The van der Waals surface area contributed by atoms with E-state index in [4.69, 9.17) is 0 Å². The normalized spacial score (nSPS) is 15.7. The molecule has 1 fully saturated rings. The van der Waals surface area contributed by atoms with Crippen LogP contribution < -0.4 is 10.2 Å². The third kappa shape index (κ3) is 3.73. The number of carbonyl (C=O) groups excluding carboxylic acids is 1. The number of benzene rings is 1. The van der Waals surface area contributed by atoms with Crippen LogP contribution in [-0.4, -0.2) is 46.5 Å². The number of carbonyl (C=O) groups is 1. The Hall–Kier alpha value is -2.67. The van der Waals surface area contributed by atoms with Crippen molar-refractivity contribution in [2.75, 3.05) is 31.1 Å². The number of nitrogens with one attached hydrogen (secondary N) is 1. The van der Waals surface area contributed by atoms with Crippen molar-refractivity contribution in [1.29, 1.82) is 0 Å². The highest BCUT2D eigenvalue weighted by Crippen LogP contribution is 2.29. The van der Waals surface area contributed by atoms with E-state index in [-0.39, 0.29) is 12.1 Å². The zero-order valence-electron chi connectivity index (χ0n) is 15.3. The van der Waals surface area contributed by atoms with Gasteiger partial charge in [0.1, 0.15) is 5.82 Å². The molecule has 0 spiro atoms. The maximum atomic E-state index is 12.7. The van der Waals surface area contributed by atoms with Gasteiger partial charge in [0.25, 0.3) is 0 Å². The zero-order chi connectivity index (χ0) is 18.6. The maximum Gasteiger partial charge on any atom is 0.318 e. The van der Waals surface area contributed by atoms with Gasteiger partial charge in [0.2, 0.25) is 0 Å². The average molecular weight is 382 g/mol. The number of amides is 2. The summed E-state index contributed by atoms with van der Waals surface area (Å²) in [6.45, 7) is 5.06. The molecule has 1 aromatic carbocycles. The number of fused-ring (bicyclic) bond motifs is 1. The minimum absolute atomic E-state index is 0.00603. The van der Waals surface area contributed by atoms with Crippen LogP contribution in [0.4, 0.5) is 10.6 Å². The summed E-state index contributed by atoms with van der Waals surface area (Å²) in [6, 6.07) is 12.2. The SMILES string of the molecule is CCC(NC(=O)N1CCN(c2nsc3ccccc23)CC1)c1cccnc1. The molecule has 1 saturated heterocycles. The first kappa shape index (κ1) is 17.7. The first-order valence-electron chi connectivity index (χ1n) is 9.31. The van der Waals surface area contributed by atoms with Gasteiger partial charge in [-0.05, 0) is 41.7 Å². The molecule has 2 amide bonds. The maximum absolute atomic E-state index is 12.7. The third-order valence-electron chi connectivity index (χ3n) is 5.02. The molecule has 27 heavy (non-hydrogen) atoms. The standard InChI is InChI=1S/C20H23N5OS/c1-2-17(15-6-5-9-21-14-15)22-20(26)25-12-10-24(11-13-25)19-16-7-3-4-8-18(16)27-23-19/h3-9,14,17H,2,10-13H2,1H3,(H,22,26). The van der Waals surface area contributed by atoms with Crippen LogP contribution in [0.1, 0.15) is 24.9 Å². The van der Waals surface area contributed by atoms with Gasteiger partial charge < -0.3 is 15.1 Å². The van der Waals surface area contributed by atoms with E-state index < -0.39 is 0 Å². The van der Waals surface area contributed by atoms with Gasteiger partial charge in [-0.15, -0.1) is 0 Å². The molecule has 6 nitrogen and oxygen atoms in total. The van der Waals surface area contributed by atoms with Crippen LogP contribution in [0.15, 0.2) is 48.8 Å². The molecule has 0 aliphatic carbocycles. The molecule has 2 aromatic heterocycles. The van der Waals surface area contributed by atoms with Crippen LogP contribution >= 0.6 is 11.5 Å². The second-order valence-corrected chi connectivity index (χ2v) is 7.48. The van der Waals surface area contributed by atoms with Crippen molar-refractivity contribution >= 4 is 33.5 Å². The lowest BCUT2D eigenvalue weighted by atomic mass is 10.1. The fourth-order valence-electron chi connectivity index (χ4n) is 3.47. The van der Waals surface area contributed by atoms with Gasteiger partial charge in [0.15, 0.2) is 0 Å². The molecule has 1 atom stereocenters. The Morgan fingerprint density at radius 2 is 2.00 bits per heavy atom. The van der Waals surface area contributed by atoms with Gasteiger partial charge in [0, 0.05) is 44.0 Å². The number of urea groups is 1. The van der Waals surface area contributed by atoms with E-state index in [9.17, 15) is 4.79 Å². The van der Waals surface area contributed by atoms with Gasteiger partial charge in [-0.25, -0.2) is 4.79 Å². The second kappa shape index (κ2) is 7.92. The quantitative estimate of drug-likeness (QED) is 0.749. The Balaban J connectivity index is 1.38. The van der Waals surface area contributed by atoms with Crippen LogP contribution in [0.5, 0.6) is 0 Å². The highest BCUT2D eigenvalue weighted by atomic mass is 32.1. The van der Waals surface area contributed by atoms with Crippen molar-refractivity contribution in [2.45, 2.75) is 19.4 Å². The minimum atomic E-state index is -0.00767. The van der Waals surface area contributed by atoms with Gasteiger partial charge in [-0.3, -0.25) is 4.98 Å². The van der Waals surface area contributed by atoms with Gasteiger partial charge in [-0.1, -0.05) is 25.1 Å². The summed E-state index contributed by atoms with van der Waals surface area (Å²) in [7, 11) is 0. The predicted octanol–water partition coefficient (Wildman–Crippen LogP) is 3.67.